The van der Waals surface area contributed by atoms with Crippen molar-refractivity contribution in [2.24, 2.45) is 0 Å². The Hall–Kier alpha value is -4.26. The van der Waals surface area contributed by atoms with Crippen LogP contribution < -0.4 is 10.1 Å². The molecule has 4 rings (SSSR count). The minimum atomic E-state index is -4.41. The van der Waals surface area contributed by atoms with E-state index in [1.807, 2.05) is 43.3 Å². The van der Waals surface area contributed by atoms with Crippen molar-refractivity contribution in [3.05, 3.63) is 131 Å². The predicted molar refractivity (Wildman–Crippen MR) is 148 cm³/mol. The van der Waals surface area contributed by atoms with Gasteiger partial charge in [0.25, 0.3) is 0 Å². The minimum absolute atomic E-state index is 0.0424. The molecule has 39 heavy (non-hydrogen) atoms. The Labute approximate surface area is 227 Å². The van der Waals surface area contributed by atoms with Crippen LogP contribution in [0.3, 0.4) is 0 Å². The number of amides is 2. The van der Waals surface area contributed by atoms with Crippen molar-refractivity contribution < 1.29 is 22.7 Å². The van der Waals surface area contributed by atoms with Crippen LogP contribution in [0.1, 0.15) is 41.5 Å². The van der Waals surface area contributed by atoms with Crippen LogP contribution in [0.25, 0.3) is 0 Å². The van der Waals surface area contributed by atoms with Gasteiger partial charge in [0.1, 0.15) is 5.75 Å². The maximum Gasteiger partial charge on any atom is 0.416 e. The highest BCUT2D eigenvalue weighted by Gasteiger charge is 2.30. The lowest BCUT2D eigenvalue weighted by Crippen LogP contribution is -2.36. The van der Waals surface area contributed by atoms with E-state index in [-0.39, 0.29) is 18.5 Å². The number of hydrogen-bond donors (Lipinski definition) is 1. The summed E-state index contributed by atoms with van der Waals surface area (Å²) in [6.45, 7) is 2.99. The average molecular weight is 533 g/mol. The first-order valence-electron chi connectivity index (χ1n) is 12.9. The number of alkyl halides is 3. The van der Waals surface area contributed by atoms with Crippen LogP contribution in [0.5, 0.6) is 5.75 Å². The Kier molecular flexibility index (Phi) is 9.26. The molecule has 0 spiro atoms. The van der Waals surface area contributed by atoms with Gasteiger partial charge < -0.3 is 15.0 Å². The van der Waals surface area contributed by atoms with Gasteiger partial charge in [0.2, 0.25) is 0 Å². The van der Waals surface area contributed by atoms with Crippen LogP contribution in [0, 0.1) is 0 Å². The highest BCUT2D eigenvalue weighted by atomic mass is 19.4. The Morgan fingerprint density at radius 1 is 0.821 bits per heavy atom. The summed E-state index contributed by atoms with van der Waals surface area (Å²) in [5.41, 5.74) is 2.75. The number of halogens is 3. The maximum absolute atomic E-state index is 13.4. The van der Waals surface area contributed by atoms with E-state index in [1.54, 1.807) is 29.2 Å². The topological polar surface area (TPSA) is 41.6 Å². The van der Waals surface area contributed by atoms with Gasteiger partial charge in [-0.15, -0.1) is 0 Å². The fraction of sp³-hybridized carbons (Fsp3) is 0.219. The molecule has 0 aliphatic rings. The fourth-order valence-electron chi connectivity index (χ4n) is 4.46. The number of nitrogens with zero attached hydrogens (tertiary/aromatic N) is 1. The van der Waals surface area contributed by atoms with Crippen LogP contribution in [-0.2, 0) is 12.7 Å². The zero-order valence-corrected chi connectivity index (χ0v) is 21.7. The van der Waals surface area contributed by atoms with Crippen molar-refractivity contribution in [1.29, 1.82) is 0 Å². The molecule has 7 heteroatoms. The van der Waals surface area contributed by atoms with Gasteiger partial charge in [-0.05, 0) is 66.4 Å². The summed E-state index contributed by atoms with van der Waals surface area (Å²) in [5.74, 6) is 0.742. The summed E-state index contributed by atoms with van der Waals surface area (Å²) >= 11 is 0. The number of rotatable bonds is 10. The van der Waals surface area contributed by atoms with E-state index in [1.165, 1.54) is 12.1 Å². The van der Waals surface area contributed by atoms with Crippen LogP contribution >= 0.6 is 0 Å². The number of nitrogens with one attached hydrogen (secondary N) is 1. The first kappa shape index (κ1) is 27.8. The van der Waals surface area contributed by atoms with Gasteiger partial charge in [-0.2, -0.15) is 13.2 Å². The van der Waals surface area contributed by atoms with Gasteiger partial charge in [-0.3, -0.25) is 0 Å². The molecule has 0 radical (unpaired) electrons. The third kappa shape index (κ3) is 7.87. The highest BCUT2D eigenvalue weighted by molar-refractivity contribution is 5.89. The molecular formula is C32H31F3N2O2. The van der Waals surface area contributed by atoms with E-state index >= 15 is 0 Å². The van der Waals surface area contributed by atoms with Crippen molar-refractivity contribution in [2.75, 3.05) is 18.5 Å². The molecule has 0 unspecified atom stereocenters. The number of carbonyl (C=O) groups excluding carboxylic acids is 1. The molecule has 0 saturated heterocycles. The summed E-state index contributed by atoms with van der Waals surface area (Å²) in [6.07, 6.45) is -3.78. The summed E-state index contributed by atoms with van der Waals surface area (Å²) in [7, 11) is 0. The van der Waals surface area contributed by atoms with E-state index < -0.39 is 11.7 Å². The zero-order valence-electron chi connectivity index (χ0n) is 21.7. The summed E-state index contributed by atoms with van der Waals surface area (Å²) in [6, 6.07) is 31.8. The van der Waals surface area contributed by atoms with Gasteiger partial charge in [-0.25, -0.2) is 4.79 Å². The number of benzene rings is 4. The summed E-state index contributed by atoms with van der Waals surface area (Å²) in [5, 5.41) is 2.92. The maximum atomic E-state index is 13.4. The number of hydrogen-bond acceptors (Lipinski definition) is 2. The van der Waals surface area contributed by atoms with Gasteiger partial charge in [0.05, 0.1) is 12.2 Å². The van der Waals surface area contributed by atoms with Crippen LogP contribution in [0.15, 0.2) is 109 Å². The van der Waals surface area contributed by atoms with Crippen molar-refractivity contribution in [1.82, 2.24) is 4.90 Å². The number of ether oxygens (including phenoxy) is 1. The molecule has 0 heterocycles. The first-order valence-corrected chi connectivity index (χ1v) is 12.9. The summed E-state index contributed by atoms with van der Waals surface area (Å²) in [4.78, 5) is 15.1. The molecule has 0 fully saturated rings. The lowest BCUT2D eigenvalue weighted by atomic mass is 9.88. The molecular weight excluding hydrogens is 501 g/mol. The van der Waals surface area contributed by atoms with E-state index in [4.69, 9.17) is 4.74 Å². The second-order valence-corrected chi connectivity index (χ2v) is 9.17. The number of carbonyl (C=O) groups is 1. The Morgan fingerprint density at radius 2 is 1.38 bits per heavy atom. The average Bonchev–Trinajstić information content (AvgIpc) is 2.94. The lowest BCUT2D eigenvalue weighted by molar-refractivity contribution is -0.137. The van der Waals surface area contributed by atoms with E-state index in [0.29, 0.717) is 36.6 Å². The van der Waals surface area contributed by atoms with Crippen molar-refractivity contribution in [2.45, 2.75) is 32.0 Å². The highest BCUT2D eigenvalue weighted by Crippen LogP contribution is 2.30. The van der Waals surface area contributed by atoms with Gasteiger partial charge >= 0.3 is 12.2 Å². The van der Waals surface area contributed by atoms with Crippen LogP contribution in [0.4, 0.5) is 23.7 Å². The summed E-state index contributed by atoms with van der Waals surface area (Å²) < 4.78 is 44.7. The van der Waals surface area contributed by atoms with Crippen molar-refractivity contribution in [3.63, 3.8) is 0 Å². The molecule has 0 saturated carbocycles. The van der Waals surface area contributed by atoms with Gasteiger partial charge in [0, 0.05) is 24.7 Å². The Morgan fingerprint density at radius 3 is 1.90 bits per heavy atom. The normalized spacial score (nSPS) is 11.3. The third-order valence-electron chi connectivity index (χ3n) is 6.45. The third-order valence-corrected chi connectivity index (χ3v) is 6.45. The predicted octanol–water partition coefficient (Wildman–Crippen LogP) is 8.36. The molecule has 1 N–H and O–H groups in total. The van der Waals surface area contributed by atoms with E-state index in [0.717, 1.165) is 23.3 Å². The second kappa shape index (κ2) is 13.0. The molecule has 2 amide bonds. The molecule has 0 bridgehead atoms. The SMILES string of the molecule is CCOc1ccc(NC(=O)N(CCC(c2ccccc2)c2ccccc2)Cc2ccc(C(F)(F)F)cc2)cc1. The lowest BCUT2D eigenvalue weighted by Gasteiger charge is -2.27. The smallest absolute Gasteiger partial charge is 0.416 e. The van der Waals surface area contributed by atoms with E-state index in [2.05, 4.69) is 29.6 Å². The standard InChI is InChI=1S/C32H31F3N2O2/c1-2-39-29-19-17-28(18-20-29)36-31(38)37(23-24-13-15-27(16-14-24)32(33,34)35)22-21-30(25-9-5-3-6-10-25)26-11-7-4-8-12-26/h3-20,30H,2,21-23H2,1H3,(H,36,38). The zero-order chi connectivity index (χ0) is 27.7. The van der Waals surface area contributed by atoms with Gasteiger partial charge in [0.15, 0.2) is 0 Å². The van der Waals surface area contributed by atoms with Crippen LogP contribution in [0.2, 0.25) is 0 Å². The fourth-order valence-corrected chi connectivity index (χ4v) is 4.46. The van der Waals surface area contributed by atoms with E-state index in [9.17, 15) is 18.0 Å². The minimum Gasteiger partial charge on any atom is -0.494 e. The van der Waals surface area contributed by atoms with Crippen LogP contribution in [-0.4, -0.2) is 24.1 Å². The molecule has 0 atom stereocenters. The molecule has 0 aliphatic carbocycles. The quantitative estimate of drug-likeness (QED) is 0.223. The second-order valence-electron chi connectivity index (χ2n) is 9.17. The van der Waals surface area contributed by atoms with Gasteiger partial charge in [-0.1, -0.05) is 72.8 Å². The molecule has 0 aliphatic heterocycles. The Bertz CT molecular complexity index is 1270. The van der Waals surface area contributed by atoms with Crippen molar-refractivity contribution >= 4 is 11.7 Å². The number of anilines is 1. The van der Waals surface area contributed by atoms with Crippen molar-refractivity contribution in [3.8, 4) is 5.75 Å². The molecule has 0 aromatic heterocycles. The Balaban J connectivity index is 1.56. The monoisotopic (exact) mass is 532 g/mol. The largest absolute Gasteiger partial charge is 0.494 e. The molecule has 4 nitrogen and oxygen atoms in total. The number of urea groups is 1. The molecule has 4 aromatic carbocycles. The first-order chi connectivity index (χ1) is 18.8. The molecule has 4 aromatic rings. The molecule has 202 valence electrons.